The Bertz CT molecular complexity index is 385. The first-order chi connectivity index (χ1) is 7.72. The molecule has 17 heavy (non-hydrogen) atoms. The molecule has 1 aromatic rings. The first kappa shape index (κ1) is 14.4. The van der Waals surface area contributed by atoms with Crippen LogP contribution in [0.2, 0.25) is 0 Å². The molecule has 0 aliphatic heterocycles. The molecule has 0 aliphatic carbocycles. The normalized spacial score (nSPS) is 14.1. The minimum atomic E-state index is -4.18. The van der Waals surface area contributed by atoms with E-state index in [0.717, 1.165) is 17.0 Å². The van der Waals surface area contributed by atoms with Crippen LogP contribution in [0.15, 0.2) is 0 Å². The average molecular weight is 267 g/mol. The number of rotatable bonds is 4. The molecule has 0 spiro atoms. The summed E-state index contributed by atoms with van der Waals surface area (Å²) in [5, 5.41) is 4.21. The monoisotopic (exact) mass is 267 g/mol. The van der Waals surface area contributed by atoms with Crippen LogP contribution < -0.4 is 5.73 Å². The van der Waals surface area contributed by atoms with Gasteiger partial charge in [-0.1, -0.05) is 0 Å². The molecule has 1 heterocycles. The SMILES string of the molecule is Cc1nn(CCSC(F)(F)F)c(C)c1C(C)N. The van der Waals surface area contributed by atoms with Crippen LogP contribution >= 0.6 is 11.8 Å². The van der Waals surface area contributed by atoms with Gasteiger partial charge in [-0.2, -0.15) is 18.3 Å². The summed E-state index contributed by atoms with van der Waals surface area (Å²) in [4.78, 5) is 0. The molecule has 1 aromatic heterocycles. The van der Waals surface area contributed by atoms with Crippen LogP contribution in [0, 0.1) is 13.8 Å². The van der Waals surface area contributed by atoms with Crippen LogP contribution in [0.3, 0.4) is 0 Å². The first-order valence-corrected chi connectivity index (χ1v) is 6.21. The minimum absolute atomic E-state index is 0.0315. The van der Waals surface area contributed by atoms with E-state index in [1.165, 1.54) is 0 Å². The van der Waals surface area contributed by atoms with Gasteiger partial charge in [-0.05, 0) is 32.5 Å². The third-order valence-electron chi connectivity index (χ3n) is 2.46. The molecule has 0 aliphatic rings. The van der Waals surface area contributed by atoms with E-state index in [2.05, 4.69) is 5.10 Å². The zero-order valence-corrected chi connectivity index (χ0v) is 10.8. The summed E-state index contributed by atoms with van der Waals surface area (Å²) in [6.45, 7) is 5.73. The largest absolute Gasteiger partial charge is 0.441 e. The lowest BCUT2D eigenvalue weighted by atomic mass is 10.1. The highest BCUT2D eigenvalue weighted by molar-refractivity contribution is 8.00. The molecule has 7 heteroatoms. The molecule has 0 saturated heterocycles. The highest BCUT2D eigenvalue weighted by Crippen LogP contribution is 2.30. The van der Waals surface area contributed by atoms with E-state index in [0.29, 0.717) is 0 Å². The van der Waals surface area contributed by atoms with E-state index in [4.69, 9.17) is 5.73 Å². The number of halogens is 3. The number of alkyl halides is 3. The fraction of sp³-hybridized carbons (Fsp3) is 0.700. The van der Waals surface area contributed by atoms with Gasteiger partial charge < -0.3 is 5.73 Å². The number of hydrogen-bond donors (Lipinski definition) is 1. The van der Waals surface area contributed by atoms with Gasteiger partial charge in [0.25, 0.3) is 0 Å². The summed E-state index contributed by atoms with van der Waals surface area (Å²) in [5.74, 6) is -0.0378. The Morgan fingerprint density at radius 2 is 2.00 bits per heavy atom. The molecule has 0 radical (unpaired) electrons. The smallest absolute Gasteiger partial charge is 0.324 e. The van der Waals surface area contributed by atoms with Gasteiger partial charge in [0.05, 0.1) is 12.2 Å². The zero-order valence-electron chi connectivity index (χ0n) is 10.0. The fourth-order valence-corrected chi connectivity index (χ4v) is 2.33. The molecule has 1 atom stereocenters. The van der Waals surface area contributed by atoms with Crippen molar-refractivity contribution in [2.45, 2.75) is 38.9 Å². The molecule has 98 valence electrons. The molecule has 0 fully saturated rings. The lowest BCUT2D eigenvalue weighted by Crippen LogP contribution is -2.11. The summed E-state index contributed by atoms with van der Waals surface area (Å²) in [6.07, 6.45) is 0. The predicted octanol–water partition coefficient (Wildman–Crippen LogP) is 2.77. The van der Waals surface area contributed by atoms with Crippen molar-refractivity contribution >= 4 is 11.8 Å². The molecule has 0 aromatic carbocycles. The average Bonchev–Trinajstić information content (AvgIpc) is 2.39. The van der Waals surface area contributed by atoms with Crippen molar-refractivity contribution in [2.24, 2.45) is 5.73 Å². The third-order valence-corrected chi connectivity index (χ3v) is 3.18. The van der Waals surface area contributed by atoms with E-state index in [9.17, 15) is 13.2 Å². The second kappa shape index (κ2) is 5.30. The maximum Gasteiger partial charge on any atom is 0.441 e. The van der Waals surface area contributed by atoms with Gasteiger partial charge in [-0.25, -0.2) is 0 Å². The van der Waals surface area contributed by atoms with E-state index in [1.807, 2.05) is 20.8 Å². The van der Waals surface area contributed by atoms with Crippen LogP contribution in [0.4, 0.5) is 13.2 Å². The van der Waals surface area contributed by atoms with E-state index < -0.39 is 5.51 Å². The Morgan fingerprint density at radius 3 is 2.41 bits per heavy atom. The van der Waals surface area contributed by atoms with E-state index in [-0.39, 0.29) is 30.1 Å². The maximum atomic E-state index is 12.0. The Hall–Kier alpha value is -0.690. The highest BCUT2D eigenvalue weighted by Gasteiger charge is 2.27. The minimum Gasteiger partial charge on any atom is -0.324 e. The van der Waals surface area contributed by atoms with Crippen LogP contribution in [0.5, 0.6) is 0 Å². The topological polar surface area (TPSA) is 43.8 Å². The molecule has 0 bridgehead atoms. The predicted molar refractivity (Wildman–Crippen MR) is 62.8 cm³/mol. The number of thioether (sulfide) groups is 1. The summed E-state index contributed by atoms with van der Waals surface area (Å²) in [7, 11) is 0. The lowest BCUT2D eigenvalue weighted by molar-refractivity contribution is -0.0328. The van der Waals surface area contributed by atoms with Crippen molar-refractivity contribution in [1.82, 2.24) is 9.78 Å². The van der Waals surface area contributed by atoms with Crippen molar-refractivity contribution in [1.29, 1.82) is 0 Å². The summed E-state index contributed by atoms with van der Waals surface area (Å²) in [5.41, 5.74) is 4.16. The van der Waals surface area contributed by atoms with Crippen LogP contribution in [0.1, 0.15) is 29.9 Å². The van der Waals surface area contributed by atoms with Gasteiger partial charge in [0.1, 0.15) is 0 Å². The maximum absolute atomic E-state index is 12.0. The summed E-state index contributed by atoms with van der Waals surface area (Å²) >= 11 is -0.0315. The second-order valence-electron chi connectivity index (χ2n) is 3.89. The van der Waals surface area contributed by atoms with Gasteiger partial charge in [0.2, 0.25) is 0 Å². The molecule has 0 saturated carbocycles. The van der Waals surface area contributed by atoms with Crippen molar-refractivity contribution in [3.05, 3.63) is 17.0 Å². The summed E-state index contributed by atoms with van der Waals surface area (Å²) < 4.78 is 37.5. The first-order valence-electron chi connectivity index (χ1n) is 5.22. The van der Waals surface area contributed by atoms with Gasteiger partial charge in [0, 0.05) is 23.1 Å². The number of aromatic nitrogens is 2. The molecule has 0 amide bonds. The van der Waals surface area contributed by atoms with Crippen molar-refractivity contribution in [2.75, 3.05) is 5.75 Å². The van der Waals surface area contributed by atoms with Crippen LogP contribution in [-0.4, -0.2) is 21.0 Å². The Balaban J connectivity index is 2.70. The quantitative estimate of drug-likeness (QED) is 0.912. The molecular formula is C10H16F3N3S. The van der Waals surface area contributed by atoms with E-state index >= 15 is 0 Å². The van der Waals surface area contributed by atoms with Crippen molar-refractivity contribution < 1.29 is 13.2 Å². The van der Waals surface area contributed by atoms with Gasteiger partial charge in [-0.3, -0.25) is 4.68 Å². The highest BCUT2D eigenvalue weighted by atomic mass is 32.2. The van der Waals surface area contributed by atoms with E-state index in [1.54, 1.807) is 4.68 Å². The van der Waals surface area contributed by atoms with Gasteiger partial charge in [0.15, 0.2) is 0 Å². The van der Waals surface area contributed by atoms with Crippen LogP contribution in [-0.2, 0) is 6.54 Å². The molecule has 3 nitrogen and oxygen atoms in total. The second-order valence-corrected chi connectivity index (χ2v) is 5.05. The summed E-state index contributed by atoms with van der Waals surface area (Å²) in [6, 6.07) is -0.154. The number of nitrogens with two attached hydrogens (primary N) is 1. The molecule has 1 rings (SSSR count). The Kier molecular flexibility index (Phi) is 4.48. The Morgan fingerprint density at radius 1 is 1.41 bits per heavy atom. The number of nitrogens with zero attached hydrogens (tertiary/aromatic N) is 2. The van der Waals surface area contributed by atoms with Crippen molar-refractivity contribution in [3.63, 3.8) is 0 Å². The van der Waals surface area contributed by atoms with Crippen LogP contribution in [0.25, 0.3) is 0 Å². The zero-order chi connectivity index (χ0) is 13.2. The van der Waals surface area contributed by atoms with Crippen molar-refractivity contribution in [3.8, 4) is 0 Å². The standard InChI is InChI=1S/C10H16F3N3S/c1-6(14)9-7(2)15-16(8(9)3)4-5-17-10(11,12)13/h6H,4-5,14H2,1-3H3. The number of aryl methyl sites for hydroxylation is 2. The molecule has 1 unspecified atom stereocenters. The molecule has 2 N–H and O–H groups in total. The van der Waals surface area contributed by atoms with Gasteiger partial charge in [-0.15, -0.1) is 0 Å². The molecular weight excluding hydrogens is 251 g/mol. The third kappa shape index (κ3) is 3.92. The lowest BCUT2D eigenvalue weighted by Gasteiger charge is -2.08. The Labute approximate surface area is 103 Å². The van der Waals surface area contributed by atoms with Gasteiger partial charge >= 0.3 is 5.51 Å². The fourth-order valence-electron chi connectivity index (χ4n) is 1.84. The number of hydrogen-bond acceptors (Lipinski definition) is 3.